The lowest BCUT2D eigenvalue weighted by Gasteiger charge is -2.09. The number of nitrogens with two attached hydrogens (primary N) is 2. The lowest BCUT2D eigenvalue weighted by molar-refractivity contribution is 0.0888. The van der Waals surface area contributed by atoms with Crippen molar-refractivity contribution in [1.82, 2.24) is 19.5 Å². The van der Waals surface area contributed by atoms with Crippen LogP contribution in [0.3, 0.4) is 0 Å². The number of carbonyl (C=O) groups is 1. The fourth-order valence-corrected chi connectivity index (χ4v) is 2.27. The summed E-state index contributed by atoms with van der Waals surface area (Å²) in [5, 5.41) is 0. The van der Waals surface area contributed by atoms with Gasteiger partial charge in [-0.1, -0.05) is 30.3 Å². The first kappa shape index (κ1) is 14.2. The van der Waals surface area contributed by atoms with Crippen LogP contribution in [0, 0.1) is 0 Å². The van der Waals surface area contributed by atoms with E-state index in [4.69, 9.17) is 11.5 Å². The van der Waals surface area contributed by atoms with Crippen LogP contribution in [0.5, 0.6) is 0 Å². The maximum atomic E-state index is 12.4. The van der Waals surface area contributed by atoms with Crippen LogP contribution in [0.25, 0.3) is 11.2 Å². The van der Waals surface area contributed by atoms with Crippen LogP contribution < -0.4 is 11.5 Å². The minimum atomic E-state index is -0.664. The number of hydrogen-bond acceptors (Lipinski definition) is 6. The lowest BCUT2D eigenvalue weighted by atomic mass is 10.1. The maximum Gasteiger partial charge on any atom is 0.250 e. The number of imidazole rings is 1. The van der Waals surface area contributed by atoms with Crippen LogP contribution in [-0.4, -0.2) is 31.5 Å². The Morgan fingerprint density at radius 3 is 2.68 bits per heavy atom. The van der Waals surface area contributed by atoms with E-state index in [0.717, 1.165) is 5.56 Å². The van der Waals surface area contributed by atoms with E-state index in [1.165, 1.54) is 10.8 Å². The molecule has 7 heteroatoms. The minimum absolute atomic E-state index is 0.0948. The predicted molar refractivity (Wildman–Crippen MR) is 83.3 cm³/mol. The molecular weight excluding hydrogens is 280 g/mol. The van der Waals surface area contributed by atoms with Gasteiger partial charge in [-0.05, 0) is 12.5 Å². The van der Waals surface area contributed by atoms with Gasteiger partial charge in [0.15, 0.2) is 5.65 Å². The molecule has 0 fully saturated rings. The molecule has 0 spiro atoms. The van der Waals surface area contributed by atoms with Crippen LogP contribution in [-0.2, 0) is 6.42 Å². The number of nitrogen functional groups attached to an aromatic ring is 1. The van der Waals surface area contributed by atoms with Gasteiger partial charge in [-0.25, -0.2) is 14.5 Å². The molecule has 3 rings (SSSR count). The molecule has 2 aromatic heterocycles. The van der Waals surface area contributed by atoms with E-state index >= 15 is 0 Å². The maximum absolute atomic E-state index is 12.4. The van der Waals surface area contributed by atoms with Gasteiger partial charge in [-0.2, -0.15) is 4.98 Å². The Balaban J connectivity index is 2.16. The van der Waals surface area contributed by atoms with Gasteiger partial charge in [0.05, 0.1) is 12.2 Å². The van der Waals surface area contributed by atoms with Crippen molar-refractivity contribution < 1.29 is 4.79 Å². The average Bonchev–Trinajstić information content (AvgIpc) is 2.84. The molecule has 3 aromatic rings. The molecule has 0 aliphatic carbocycles. The van der Waals surface area contributed by atoms with Gasteiger partial charge in [0.25, 0.3) is 0 Å². The van der Waals surface area contributed by atoms with Crippen LogP contribution in [0.15, 0.2) is 36.5 Å². The van der Waals surface area contributed by atoms with Crippen molar-refractivity contribution in [2.45, 2.75) is 19.4 Å². The Morgan fingerprint density at radius 1 is 1.27 bits per heavy atom. The molecule has 0 bridgehead atoms. The van der Waals surface area contributed by atoms with E-state index in [2.05, 4.69) is 15.0 Å². The number of rotatable bonds is 3. The second-order valence-electron chi connectivity index (χ2n) is 5.09. The molecule has 4 N–H and O–H groups in total. The van der Waals surface area contributed by atoms with Crippen LogP contribution in [0.4, 0.5) is 5.95 Å². The first-order chi connectivity index (χ1) is 10.6. The highest BCUT2D eigenvalue weighted by Crippen LogP contribution is 2.17. The van der Waals surface area contributed by atoms with Gasteiger partial charge >= 0.3 is 0 Å². The number of aromatic nitrogens is 4. The lowest BCUT2D eigenvalue weighted by Crippen LogP contribution is -2.33. The molecule has 0 aliphatic rings. The molecule has 112 valence electrons. The Hall–Kier alpha value is -2.80. The highest BCUT2D eigenvalue weighted by molar-refractivity contribution is 5.92. The summed E-state index contributed by atoms with van der Waals surface area (Å²) in [7, 11) is 0. The van der Waals surface area contributed by atoms with E-state index in [-0.39, 0.29) is 11.9 Å². The van der Waals surface area contributed by atoms with Gasteiger partial charge in [0.2, 0.25) is 11.9 Å². The summed E-state index contributed by atoms with van der Waals surface area (Å²) in [6.07, 6.45) is 2.01. The van der Waals surface area contributed by atoms with E-state index in [0.29, 0.717) is 23.4 Å². The van der Waals surface area contributed by atoms with E-state index < -0.39 is 6.04 Å². The van der Waals surface area contributed by atoms with Crippen molar-refractivity contribution in [2.75, 3.05) is 5.73 Å². The smallest absolute Gasteiger partial charge is 0.250 e. The molecule has 7 nitrogen and oxygen atoms in total. The summed E-state index contributed by atoms with van der Waals surface area (Å²) >= 11 is 0. The Labute approximate surface area is 127 Å². The summed E-state index contributed by atoms with van der Waals surface area (Å²) in [6, 6.07) is 9.09. The average molecular weight is 296 g/mol. The third-order valence-electron chi connectivity index (χ3n) is 3.30. The Morgan fingerprint density at radius 2 is 2.00 bits per heavy atom. The van der Waals surface area contributed by atoms with Crippen LogP contribution >= 0.6 is 0 Å². The summed E-state index contributed by atoms with van der Waals surface area (Å²) in [5.41, 5.74) is 13.3. The largest absolute Gasteiger partial charge is 0.368 e. The van der Waals surface area contributed by atoms with Gasteiger partial charge in [-0.3, -0.25) is 4.79 Å². The highest BCUT2D eigenvalue weighted by Gasteiger charge is 2.21. The van der Waals surface area contributed by atoms with Crippen LogP contribution in [0.1, 0.15) is 23.1 Å². The second-order valence-corrected chi connectivity index (χ2v) is 5.09. The molecule has 0 unspecified atom stereocenters. The normalized spacial score (nSPS) is 12.5. The van der Waals surface area contributed by atoms with E-state index in [1.807, 2.05) is 30.3 Å². The fraction of sp³-hybridized carbons (Fsp3) is 0.200. The molecule has 0 aliphatic heterocycles. The first-order valence-corrected chi connectivity index (χ1v) is 6.90. The SMILES string of the molecule is C[C@H](N)C(=O)n1c(Cc2ccccc2)nc2cnc(N)nc21. The zero-order valence-corrected chi connectivity index (χ0v) is 12.1. The van der Waals surface area contributed by atoms with Crippen molar-refractivity contribution in [1.29, 1.82) is 0 Å². The first-order valence-electron chi connectivity index (χ1n) is 6.90. The molecule has 22 heavy (non-hydrogen) atoms. The molecule has 1 atom stereocenters. The number of benzene rings is 1. The third-order valence-corrected chi connectivity index (χ3v) is 3.30. The fourth-order valence-electron chi connectivity index (χ4n) is 2.27. The zero-order valence-electron chi connectivity index (χ0n) is 12.1. The second kappa shape index (κ2) is 5.53. The molecule has 0 saturated heterocycles. The highest BCUT2D eigenvalue weighted by atomic mass is 16.2. The predicted octanol–water partition coefficient (Wildman–Crippen LogP) is 0.987. The monoisotopic (exact) mass is 296 g/mol. The van der Waals surface area contributed by atoms with E-state index in [9.17, 15) is 4.79 Å². The Kier molecular flexibility index (Phi) is 3.56. The molecule has 0 radical (unpaired) electrons. The zero-order chi connectivity index (χ0) is 15.7. The molecule has 2 heterocycles. The summed E-state index contributed by atoms with van der Waals surface area (Å²) in [4.78, 5) is 25.0. The Bertz CT molecular complexity index is 825. The van der Waals surface area contributed by atoms with Crippen LogP contribution in [0.2, 0.25) is 0 Å². The molecule has 0 saturated carbocycles. The van der Waals surface area contributed by atoms with Gasteiger partial charge in [0.1, 0.15) is 11.3 Å². The topological polar surface area (TPSA) is 113 Å². The molecular formula is C15H16N6O. The van der Waals surface area contributed by atoms with Gasteiger partial charge < -0.3 is 11.5 Å². The van der Waals surface area contributed by atoms with Crippen molar-refractivity contribution in [3.05, 3.63) is 47.9 Å². The summed E-state index contributed by atoms with van der Waals surface area (Å²) in [5.74, 6) is 0.396. The van der Waals surface area contributed by atoms with Crippen molar-refractivity contribution in [3.63, 3.8) is 0 Å². The molecule has 1 aromatic carbocycles. The third kappa shape index (κ3) is 2.53. The number of nitrogens with zero attached hydrogens (tertiary/aromatic N) is 4. The quantitative estimate of drug-likeness (QED) is 0.745. The standard InChI is InChI=1S/C15H16N6O/c1-9(16)14(22)21-12(7-10-5-3-2-4-6-10)19-11-8-18-15(17)20-13(11)21/h2-6,8-9H,7,16H2,1H3,(H2,17,18,20)/t9-/m0/s1. The van der Waals surface area contributed by atoms with Crippen molar-refractivity contribution in [3.8, 4) is 0 Å². The number of fused-ring (bicyclic) bond motifs is 1. The number of carbonyl (C=O) groups excluding carboxylic acids is 1. The molecule has 0 amide bonds. The number of hydrogen-bond donors (Lipinski definition) is 2. The summed E-state index contributed by atoms with van der Waals surface area (Å²) < 4.78 is 1.44. The summed E-state index contributed by atoms with van der Waals surface area (Å²) in [6.45, 7) is 1.63. The number of anilines is 1. The van der Waals surface area contributed by atoms with Gasteiger partial charge in [0, 0.05) is 6.42 Å². The van der Waals surface area contributed by atoms with E-state index in [1.54, 1.807) is 6.92 Å². The van der Waals surface area contributed by atoms with Gasteiger partial charge in [-0.15, -0.1) is 0 Å². The minimum Gasteiger partial charge on any atom is -0.368 e. The van der Waals surface area contributed by atoms with Crippen molar-refractivity contribution >= 4 is 23.0 Å². The van der Waals surface area contributed by atoms with Crippen molar-refractivity contribution in [2.24, 2.45) is 5.73 Å².